The first kappa shape index (κ1) is 18.1. The minimum atomic E-state index is 0.410. The van der Waals surface area contributed by atoms with E-state index in [1.807, 2.05) is 37.3 Å². The fraction of sp³-hybridized carbons (Fsp3) is 0.333. The summed E-state index contributed by atoms with van der Waals surface area (Å²) >= 11 is 5.26. The van der Waals surface area contributed by atoms with Gasteiger partial charge in [-0.3, -0.25) is 5.10 Å². The van der Waals surface area contributed by atoms with E-state index >= 15 is 0 Å². The van der Waals surface area contributed by atoms with Crippen LogP contribution in [0.15, 0.2) is 35.4 Å². The molecule has 0 aliphatic carbocycles. The van der Waals surface area contributed by atoms with Gasteiger partial charge in [-0.15, -0.1) is 0 Å². The zero-order chi connectivity index (χ0) is 18.4. The highest BCUT2D eigenvalue weighted by atomic mass is 32.1. The normalized spacial score (nSPS) is 11.3. The molecule has 136 valence electrons. The van der Waals surface area contributed by atoms with E-state index in [-0.39, 0.29) is 0 Å². The molecule has 0 fully saturated rings. The Morgan fingerprint density at radius 1 is 1.19 bits per heavy atom. The summed E-state index contributed by atoms with van der Waals surface area (Å²) in [6.07, 6.45) is 5.19. The summed E-state index contributed by atoms with van der Waals surface area (Å²) in [4.78, 5) is 0. The Kier molecular flexibility index (Phi) is 5.96. The second-order valence-electron chi connectivity index (χ2n) is 5.97. The Bertz CT molecular complexity index is 922. The lowest BCUT2D eigenvalue weighted by atomic mass is 10.2. The van der Waals surface area contributed by atoms with Crippen molar-refractivity contribution >= 4 is 18.4 Å². The first-order valence-electron chi connectivity index (χ1n) is 8.64. The zero-order valence-electron chi connectivity index (χ0n) is 14.9. The number of hydrogen-bond acceptors (Lipinski definition) is 5. The van der Waals surface area contributed by atoms with Gasteiger partial charge in [0, 0.05) is 5.69 Å². The molecule has 0 amide bonds. The molecule has 1 aromatic carbocycles. The van der Waals surface area contributed by atoms with Crippen molar-refractivity contribution in [2.45, 2.75) is 33.1 Å². The SMILES string of the molecule is CCCCCOc1ccc(/C=N/n2c(-c3cc(C)[nH]n3)n[nH]c2=S)cc1. The molecule has 26 heavy (non-hydrogen) atoms. The fourth-order valence-corrected chi connectivity index (χ4v) is 2.59. The largest absolute Gasteiger partial charge is 0.494 e. The van der Waals surface area contributed by atoms with E-state index in [2.05, 4.69) is 32.4 Å². The first-order chi connectivity index (χ1) is 12.7. The topological polar surface area (TPSA) is 83.9 Å². The molecule has 2 aromatic heterocycles. The summed E-state index contributed by atoms with van der Waals surface area (Å²) in [6.45, 7) is 4.86. The van der Waals surface area contributed by atoms with E-state index in [1.165, 1.54) is 12.8 Å². The third-order valence-corrected chi connectivity index (χ3v) is 4.07. The maximum atomic E-state index is 5.72. The zero-order valence-corrected chi connectivity index (χ0v) is 15.7. The van der Waals surface area contributed by atoms with Gasteiger partial charge in [-0.25, -0.2) is 5.10 Å². The Labute approximate surface area is 157 Å². The molecular formula is C18H22N6OS. The molecule has 0 spiro atoms. The van der Waals surface area contributed by atoms with Gasteiger partial charge in [-0.2, -0.15) is 20.0 Å². The molecule has 0 radical (unpaired) electrons. The van der Waals surface area contributed by atoms with Gasteiger partial charge in [-0.1, -0.05) is 19.8 Å². The Morgan fingerprint density at radius 3 is 2.69 bits per heavy atom. The van der Waals surface area contributed by atoms with Gasteiger partial charge in [0.1, 0.15) is 11.4 Å². The lowest BCUT2D eigenvalue weighted by molar-refractivity contribution is 0.306. The Hall–Kier alpha value is -2.74. The van der Waals surface area contributed by atoms with Gasteiger partial charge in [0.25, 0.3) is 0 Å². The molecule has 3 rings (SSSR count). The van der Waals surface area contributed by atoms with Gasteiger partial charge in [0.15, 0.2) is 0 Å². The molecule has 0 bridgehead atoms. The molecular weight excluding hydrogens is 348 g/mol. The number of ether oxygens (including phenoxy) is 1. The minimum absolute atomic E-state index is 0.410. The van der Waals surface area contributed by atoms with Crippen molar-refractivity contribution in [1.29, 1.82) is 0 Å². The maximum absolute atomic E-state index is 5.72. The fourth-order valence-electron chi connectivity index (χ4n) is 2.41. The van der Waals surface area contributed by atoms with E-state index in [1.54, 1.807) is 10.9 Å². The highest BCUT2D eigenvalue weighted by molar-refractivity contribution is 7.71. The van der Waals surface area contributed by atoms with Gasteiger partial charge in [0.05, 0.1) is 12.8 Å². The Morgan fingerprint density at radius 2 is 2.00 bits per heavy atom. The van der Waals surface area contributed by atoms with Crippen LogP contribution in [0.3, 0.4) is 0 Å². The second kappa shape index (κ2) is 8.57. The van der Waals surface area contributed by atoms with Crippen LogP contribution in [-0.2, 0) is 0 Å². The molecule has 8 heteroatoms. The summed E-state index contributed by atoms with van der Waals surface area (Å²) in [5.74, 6) is 1.43. The monoisotopic (exact) mass is 370 g/mol. The number of aryl methyl sites for hydroxylation is 1. The molecule has 0 aliphatic rings. The first-order valence-corrected chi connectivity index (χ1v) is 9.05. The predicted octanol–water partition coefficient (Wildman–Crippen LogP) is 4.09. The van der Waals surface area contributed by atoms with Gasteiger partial charge in [0.2, 0.25) is 10.6 Å². The molecule has 0 atom stereocenters. The highest BCUT2D eigenvalue weighted by Crippen LogP contribution is 2.16. The molecule has 0 aliphatic heterocycles. The average Bonchev–Trinajstić information content (AvgIpc) is 3.23. The summed E-state index contributed by atoms with van der Waals surface area (Å²) in [5.41, 5.74) is 2.57. The lowest BCUT2D eigenvalue weighted by Crippen LogP contribution is -1.97. The summed E-state index contributed by atoms with van der Waals surface area (Å²) in [7, 11) is 0. The van der Waals surface area contributed by atoms with Crippen LogP contribution in [0.1, 0.15) is 37.4 Å². The Balaban J connectivity index is 1.70. The van der Waals surface area contributed by atoms with E-state index in [4.69, 9.17) is 17.0 Å². The summed E-state index contributed by atoms with van der Waals surface area (Å²) < 4.78 is 7.68. The van der Waals surface area contributed by atoms with Crippen LogP contribution in [0.5, 0.6) is 5.75 Å². The van der Waals surface area contributed by atoms with Gasteiger partial charge in [-0.05, 0) is 61.5 Å². The van der Waals surface area contributed by atoms with E-state index in [0.717, 1.165) is 30.0 Å². The molecule has 7 nitrogen and oxygen atoms in total. The number of unbranched alkanes of at least 4 members (excludes halogenated alkanes) is 2. The van der Waals surface area contributed by atoms with Gasteiger partial charge >= 0.3 is 0 Å². The molecule has 3 aromatic rings. The van der Waals surface area contributed by atoms with E-state index in [0.29, 0.717) is 16.3 Å². The van der Waals surface area contributed by atoms with Crippen molar-refractivity contribution in [3.8, 4) is 17.3 Å². The van der Waals surface area contributed by atoms with Crippen LogP contribution in [-0.4, -0.2) is 37.9 Å². The maximum Gasteiger partial charge on any atom is 0.216 e. The molecule has 0 unspecified atom stereocenters. The summed E-state index contributed by atoms with van der Waals surface area (Å²) in [6, 6.07) is 9.70. The molecule has 0 saturated carbocycles. The van der Waals surface area contributed by atoms with Crippen LogP contribution in [0.25, 0.3) is 11.5 Å². The van der Waals surface area contributed by atoms with Crippen LogP contribution < -0.4 is 4.74 Å². The predicted molar refractivity (Wildman–Crippen MR) is 104 cm³/mol. The number of aromatic amines is 2. The van der Waals surface area contributed by atoms with Crippen molar-refractivity contribution in [2.75, 3.05) is 6.61 Å². The van der Waals surface area contributed by atoms with Gasteiger partial charge < -0.3 is 4.74 Å². The number of aromatic nitrogens is 5. The average molecular weight is 370 g/mol. The van der Waals surface area contributed by atoms with Crippen LogP contribution in [0, 0.1) is 11.7 Å². The minimum Gasteiger partial charge on any atom is -0.494 e. The van der Waals surface area contributed by atoms with Crippen LogP contribution in [0.4, 0.5) is 0 Å². The number of nitrogens with one attached hydrogen (secondary N) is 2. The van der Waals surface area contributed by atoms with Crippen molar-refractivity contribution in [3.05, 3.63) is 46.4 Å². The third-order valence-electron chi connectivity index (χ3n) is 3.80. The number of nitrogens with zero attached hydrogens (tertiary/aromatic N) is 4. The number of H-pyrrole nitrogens is 2. The standard InChI is InChI=1S/C18H22N6OS/c1-3-4-5-10-25-15-8-6-14(7-9-15)12-19-24-17(22-23-18(24)26)16-11-13(2)20-21-16/h6-9,11-12H,3-5,10H2,1-2H3,(H,20,21)(H,23,26)/b19-12+. The van der Waals surface area contributed by atoms with Crippen LogP contribution in [0.2, 0.25) is 0 Å². The van der Waals surface area contributed by atoms with E-state index < -0.39 is 0 Å². The van der Waals surface area contributed by atoms with E-state index in [9.17, 15) is 0 Å². The highest BCUT2D eigenvalue weighted by Gasteiger charge is 2.10. The quantitative estimate of drug-likeness (QED) is 0.355. The van der Waals surface area contributed by atoms with Crippen LogP contribution >= 0.6 is 12.2 Å². The number of rotatable bonds is 8. The van der Waals surface area contributed by atoms with Crippen molar-refractivity contribution in [3.63, 3.8) is 0 Å². The summed E-state index contributed by atoms with van der Waals surface area (Å²) in [5, 5.41) is 18.5. The van der Waals surface area contributed by atoms with Crippen molar-refractivity contribution in [1.82, 2.24) is 25.1 Å². The lowest BCUT2D eigenvalue weighted by Gasteiger charge is -2.05. The second-order valence-corrected chi connectivity index (χ2v) is 6.36. The third kappa shape index (κ3) is 4.45. The van der Waals surface area contributed by atoms with Crippen molar-refractivity contribution < 1.29 is 4.74 Å². The van der Waals surface area contributed by atoms with Crippen molar-refractivity contribution in [2.24, 2.45) is 5.10 Å². The number of hydrogen-bond donors (Lipinski definition) is 2. The number of benzene rings is 1. The molecule has 0 saturated heterocycles. The molecule has 2 N–H and O–H groups in total. The smallest absolute Gasteiger partial charge is 0.216 e. The molecule has 2 heterocycles.